The molecular weight excluding hydrogens is 374 g/mol. The summed E-state index contributed by atoms with van der Waals surface area (Å²) in [7, 11) is 0. The number of fused-ring (bicyclic) bond motifs is 1. The van der Waals surface area contributed by atoms with Crippen LogP contribution in [0.1, 0.15) is 38.2 Å². The molecule has 2 heterocycles. The Morgan fingerprint density at radius 3 is 2.59 bits per heavy atom. The molecule has 2 aromatic carbocycles. The van der Waals surface area contributed by atoms with Gasteiger partial charge in [-0.1, -0.05) is 38.1 Å². The lowest BCUT2D eigenvalue weighted by molar-refractivity contribution is 0.254. The van der Waals surface area contributed by atoms with Gasteiger partial charge in [0, 0.05) is 53.9 Å². The Hall–Kier alpha value is -1.91. The maximum atomic E-state index is 3.33. The Kier molecular flexibility index (Phi) is 6.83. The number of nitrogens with one attached hydrogen (secondary N) is 1. The molecule has 29 heavy (non-hydrogen) atoms. The molecule has 154 valence electrons. The number of piperazine rings is 1. The molecule has 0 atom stereocenters. The molecule has 0 saturated carbocycles. The van der Waals surface area contributed by atoms with Crippen LogP contribution in [-0.4, -0.2) is 48.4 Å². The van der Waals surface area contributed by atoms with Crippen molar-refractivity contribution < 1.29 is 0 Å². The van der Waals surface area contributed by atoms with Crippen molar-refractivity contribution in [3.63, 3.8) is 0 Å². The third-order valence-corrected chi connectivity index (χ3v) is 7.13. The van der Waals surface area contributed by atoms with E-state index in [1.807, 2.05) is 18.0 Å². The topological polar surface area (TPSA) is 22.3 Å². The summed E-state index contributed by atoms with van der Waals surface area (Å²) in [4.78, 5) is 9.98. The molecule has 1 aliphatic heterocycles. The van der Waals surface area contributed by atoms with Gasteiger partial charge in [-0.2, -0.15) is 0 Å². The first-order chi connectivity index (χ1) is 14.2. The molecule has 1 N–H and O–H groups in total. The van der Waals surface area contributed by atoms with Crippen molar-refractivity contribution in [1.82, 2.24) is 9.88 Å². The first kappa shape index (κ1) is 20.4. The zero-order valence-corrected chi connectivity index (χ0v) is 18.5. The minimum absolute atomic E-state index is 0.604. The summed E-state index contributed by atoms with van der Waals surface area (Å²) < 4.78 is 0. The van der Waals surface area contributed by atoms with E-state index in [2.05, 4.69) is 77.2 Å². The highest BCUT2D eigenvalue weighted by atomic mass is 32.2. The number of unbranched alkanes of at least 4 members (excludes halogenated alkanes) is 1. The molecule has 4 rings (SSSR count). The standard InChI is InChI=1S/C25H33N3S/c1-20(2)21-8-3-4-11-25(21)29-19-6-5-14-27-15-17-28(18-16-27)24-10-7-9-23-22(24)12-13-26-23/h3-4,7-13,20,26H,5-6,14-19H2,1-2H3. The first-order valence-electron chi connectivity index (χ1n) is 11.0. The average molecular weight is 408 g/mol. The molecule has 0 amide bonds. The second-order valence-electron chi connectivity index (χ2n) is 8.29. The molecule has 4 heteroatoms. The predicted octanol–water partition coefficient (Wildman–Crippen LogP) is 5.99. The minimum atomic E-state index is 0.604. The largest absolute Gasteiger partial charge is 0.368 e. The quantitative estimate of drug-likeness (QED) is 0.366. The average Bonchev–Trinajstić information content (AvgIpc) is 3.23. The van der Waals surface area contributed by atoms with E-state index < -0.39 is 0 Å². The predicted molar refractivity (Wildman–Crippen MR) is 127 cm³/mol. The number of rotatable bonds is 8. The summed E-state index contributed by atoms with van der Waals surface area (Å²) in [5, 5.41) is 1.35. The second-order valence-corrected chi connectivity index (χ2v) is 9.43. The number of anilines is 1. The van der Waals surface area contributed by atoms with Crippen LogP contribution in [-0.2, 0) is 0 Å². The molecule has 1 fully saturated rings. The van der Waals surface area contributed by atoms with Gasteiger partial charge in [0.2, 0.25) is 0 Å². The summed E-state index contributed by atoms with van der Waals surface area (Å²) in [5.41, 5.74) is 4.11. The van der Waals surface area contributed by atoms with Crippen molar-refractivity contribution in [1.29, 1.82) is 0 Å². The second kappa shape index (κ2) is 9.73. The van der Waals surface area contributed by atoms with Crippen LogP contribution in [0.15, 0.2) is 59.6 Å². The summed E-state index contributed by atoms with van der Waals surface area (Å²) in [6.45, 7) is 10.4. The molecule has 1 aliphatic rings. The highest BCUT2D eigenvalue weighted by Gasteiger charge is 2.18. The number of benzene rings is 2. The van der Waals surface area contributed by atoms with Crippen molar-refractivity contribution in [2.24, 2.45) is 0 Å². The normalized spacial score (nSPS) is 15.5. The van der Waals surface area contributed by atoms with E-state index in [1.165, 1.54) is 65.3 Å². The van der Waals surface area contributed by atoms with Crippen LogP contribution in [0.4, 0.5) is 5.69 Å². The van der Waals surface area contributed by atoms with Crippen molar-refractivity contribution in [3.8, 4) is 0 Å². The van der Waals surface area contributed by atoms with Gasteiger partial charge in [0.1, 0.15) is 0 Å². The molecule has 3 nitrogen and oxygen atoms in total. The maximum absolute atomic E-state index is 3.33. The number of nitrogens with zero attached hydrogens (tertiary/aromatic N) is 2. The van der Waals surface area contributed by atoms with E-state index in [9.17, 15) is 0 Å². The number of hydrogen-bond acceptors (Lipinski definition) is 3. The van der Waals surface area contributed by atoms with Crippen LogP contribution in [0.25, 0.3) is 10.9 Å². The Morgan fingerprint density at radius 1 is 0.931 bits per heavy atom. The van der Waals surface area contributed by atoms with Gasteiger partial charge in [-0.15, -0.1) is 11.8 Å². The van der Waals surface area contributed by atoms with E-state index >= 15 is 0 Å². The van der Waals surface area contributed by atoms with Gasteiger partial charge >= 0.3 is 0 Å². The lowest BCUT2D eigenvalue weighted by atomic mass is 10.0. The smallest absolute Gasteiger partial charge is 0.0474 e. The summed E-state index contributed by atoms with van der Waals surface area (Å²) in [6.07, 6.45) is 4.63. The molecular formula is C25H33N3S. The van der Waals surface area contributed by atoms with Crippen LogP contribution in [0.3, 0.4) is 0 Å². The van der Waals surface area contributed by atoms with Gasteiger partial charge in [0.05, 0.1) is 0 Å². The molecule has 0 unspecified atom stereocenters. The molecule has 0 bridgehead atoms. The highest BCUT2D eigenvalue weighted by Crippen LogP contribution is 2.29. The number of aromatic amines is 1. The zero-order chi connectivity index (χ0) is 20.1. The van der Waals surface area contributed by atoms with E-state index in [1.54, 1.807) is 0 Å². The summed E-state index contributed by atoms with van der Waals surface area (Å²) >= 11 is 2.03. The SMILES string of the molecule is CC(C)c1ccccc1SCCCCN1CCN(c2cccc3[nH]ccc23)CC1. The molecule has 0 aliphatic carbocycles. The molecule has 1 saturated heterocycles. The van der Waals surface area contributed by atoms with E-state index in [4.69, 9.17) is 0 Å². The first-order valence-corrected chi connectivity index (χ1v) is 12.0. The molecule has 1 aromatic heterocycles. The minimum Gasteiger partial charge on any atom is -0.368 e. The molecule has 0 spiro atoms. The van der Waals surface area contributed by atoms with Crippen molar-refractivity contribution in [3.05, 3.63) is 60.3 Å². The van der Waals surface area contributed by atoms with Gasteiger partial charge in [-0.25, -0.2) is 0 Å². The molecule has 0 radical (unpaired) electrons. The van der Waals surface area contributed by atoms with Crippen molar-refractivity contribution in [2.45, 2.75) is 37.5 Å². The number of thioether (sulfide) groups is 1. The lowest BCUT2D eigenvalue weighted by Crippen LogP contribution is -2.46. The number of H-pyrrole nitrogens is 1. The Bertz CT molecular complexity index is 909. The zero-order valence-electron chi connectivity index (χ0n) is 17.7. The summed E-state index contributed by atoms with van der Waals surface area (Å²) in [5.74, 6) is 1.83. The van der Waals surface area contributed by atoms with Gasteiger partial charge < -0.3 is 9.88 Å². The van der Waals surface area contributed by atoms with Crippen LogP contribution >= 0.6 is 11.8 Å². The number of aromatic nitrogens is 1. The monoisotopic (exact) mass is 407 g/mol. The summed E-state index contributed by atoms with van der Waals surface area (Å²) in [6, 6.07) is 17.7. The van der Waals surface area contributed by atoms with Gasteiger partial charge in [0.15, 0.2) is 0 Å². The third kappa shape index (κ3) is 4.99. The van der Waals surface area contributed by atoms with E-state index in [-0.39, 0.29) is 0 Å². The van der Waals surface area contributed by atoms with Crippen molar-refractivity contribution in [2.75, 3.05) is 43.4 Å². The van der Waals surface area contributed by atoms with Crippen LogP contribution in [0.2, 0.25) is 0 Å². The number of hydrogen-bond donors (Lipinski definition) is 1. The van der Waals surface area contributed by atoms with E-state index in [0.29, 0.717) is 5.92 Å². The Labute approximate surface area is 179 Å². The Balaban J connectivity index is 1.19. The van der Waals surface area contributed by atoms with Crippen LogP contribution in [0, 0.1) is 0 Å². The van der Waals surface area contributed by atoms with Gasteiger partial charge in [-0.05, 0) is 60.9 Å². The third-order valence-electron chi connectivity index (χ3n) is 5.95. The van der Waals surface area contributed by atoms with Crippen molar-refractivity contribution >= 4 is 28.4 Å². The highest BCUT2D eigenvalue weighted by molar-refractivity contribution is 7.99. The lowest BCUT2D eigenvalue weighted by Gasteiger charge is -2.36. The Morgan fingerprint density at radius 2 is 1.76 bits per heavy atom. The van der Waals surface area contributed by atoms with E-state index in [0.717, 1.165) is 13.1 Å². The molecule has 3 aromatic rings. The fourth-order valence-corrected chi connectivity index (χ4v) is 5.48. The van der Waals surface area contributed by atoms with Gasteiger partial charge in [-0.3, -0.25) is 4.90 Å². The van der Waals surface area contributed by atoms with Crippen LogP contribution < -0.4 is 4.90 Å². The van der Waals surface area contributed by atoms with Gasteiger partial charge in [0.25, 0.3) is 0 Å². The van der Waals surface area contributed by atoms with Crippen LogP contribution in [0.5, 0.6) is 0 Å². The fourth-order valence-electron chi connectivity index (χ4n) is 4.27. The maximum Gasteiger partial charge on any atom is 0.0474 e. The fraction of sp³-hybridized carbons (Fsp3) is 0.440.